The highest BCUT2D eigenvalue weighted by Gasteiger charge is 2.26. The SMILES string of the molecule is COC(=O)c1c(-c2cc(OC)c(OC)c(OC)c2)c2ccc(OCc3ncccn3)cc2c(=O)n1Cc1cccnc1. The van der Waals surface area contributed by atoms with Gasteiger partial charge in [-0.2, -0.15) is 0 Å². The summed E-state index contributed by atoms with van der Waals surface area (Å²) in [6.07, 6.45) is 6.52. The summed E-state index contributed by atoms with van der Waals surface area (Å²) in [5.74, 6) is 1.37. The molecule has 0 saturated carbocycles. The fraction of sp³-hybridized carbons (Fsp3) is 0.194. The van der Waals surface area contributed by atoms with Crippen molar-refractivity contribution in [3.8, 4) is 34.1 Å². The largest absolute Gasteiger partial charge is 0.493 e. The van der Waals surface area contributed by atoms with Crippen LogP contribution in [0.5, 0.6) is 23.0 Å². The van der Waals surface area contributed by atoms with Gasteiger partial charge in [0.05, 0.1) is 40.4 Å². The van der Waals surface area contributed by atoms with Crippen molar-refractivity contribution >= 4 is 16.7 Å². The van der Waals surface area contributed by atoms with Crippen molar-refractivity contribution in [2.24, 2.45) is 0 Å². The summed E-state index contributed by atoms with van der Waals surface area (Å²) in [5.41, 5.74) is 1.35. The smallest absolute Gasteiger partial charge is 0.355 e. The van der Waals surface area contributed by atoms with E-state index >= 15 is 0 Å². The molecular formula is C31H28N4O7. The van der Waals surface area contributed by atoms with E-state index in [0.29, 0.717) is 56.3 Å². The molecule has 0 fully saturated rings. The lowest BCUT2D eigenvalue weighted by Gasteiger charge is -2.21. The Hall–Kier alpha value is -5.45. The van der Waals surface area contributed by atoms with Gasteiger partial charge in [-0.1, -0.05) is 6.07 Å². The second kappa shape index (κ2) is 12.4. The van der Waals surface area contributed by atoms with Gasteiger partial charge in [0.15, 0.2) is 17.3 Å². The van der Waals surface area contributed by atoms with E-state index in [9.17, 15) is 9.59 Å². The van der Waals surface area contributed by atoms with Gasteiger partial charge in [0.2, 0.25) is 5.75 Å². The van der Waals surface area contributed by atoms with Crippen molar-refractivity contribution in [1.29, 1.82) is 0 Å². The van der Waals surface area contributed by atoms with Gasteiger partial charge in [0.1, 0.15) is 18.1 Å². The van der Waals surface area contributed by atoms with Gasteiger partial charge in [0, 0.05) is 30.4 Å². The molecule has 0 amide bonds. The summed E-state index contributed by atoms with van der Waals surface area (Å²) in [4.78, 5) is 40.1. The monoisotopic (exact) mass is 568 g/mol. The van der Waals surface area contributed by atoms with E-state index in [-0.39, 0.29) is 18.8 Å². The van der Waals surface area contributed by atoms with Crippen LogP contribution in [0.3, 0.4) is 0 Å². The van der Waals surface area contributed by atoms with Crippen LogP contribution in [0.1, 0.15) is 21.9 Å². The lowest BCUT2D eigenvalue weighted by molar-refractivity contribution is 0.0588. The van der Waals surface area contributed by atoms with Crippen molar-refractivity contribution in [3.63, 3.8) is 0 Å². The molecule has 42 heavy (non-hydrogen) atoms. The van der Waals surface area contributed by atoms with Crippen LogP contribution < -0.4 is 24.5 Å². The number of nitrogens with zero attached hydrogens (tertiary/aromatic N) is 4. The molecule has 5 aromatic rings. The van der Waals surface area contributed by atoms with E-state index in [0.717, 1.165) is 0 Å². The predicted molar refractivity (Wildman–Crippen MR) is 154 cm³/mol. The second-order valence-corrected chi connectivity index (χ2v) is 9.04. The highest BCUT2D eigenvalue weighted by atomic mass is 16.5. The number of ether oxygens (including phenoxy) is 5. The Balaban J connectivity index is 1.80. The number of hydrogen-bond donors (Lipinski definition) is 0. The maximum absolute atomic E-state index is 14.1. The first-order chi connectivity index (χ1) is 20.5. The molecule has 3 heterocycles. The van der Waals surface area contributed by atoms with E-state index in [4.69, 9.17) is 23.7 Å². The van der Waals surface area contributed by atoms with Crippen molar-refractivity contribution in [2.75, 3.05) is 28.4 Å². The van der Waals surface area contributed by atoms with Crippen LogP contribution in [0.4, 0.5) is 0 Å². The maximum Gasteiger partial charge on any atom is 0.355 e. The zero-order valence-electron chi connectivity index (χ0n) is 23.5. The number of fused-ring (bicyclic) bond motifs is 1. The van der Waals surface area contributed by atoms with Gasteiger partial charge in [-0.15, -0.1) is 0 Å². The third-order valence-electron chi connectivity index (χ3n) is 6.63. The summed E-state index contributed by atoms with van der Waals surface area (Å²) in [6, 6.07) is 13.8. The lowest BCUT2D eigenvalue weighted by Crippen LogP contribution is -2.28. The number of benzene rings is 2. The molecule has 0 bridgehead atoms. The van der Waals surface area contributed by atoms with Crippen molar-refractivity contribution in [1.82, 2.24) is 19.5 Å². The van der Waals surface area contributed by atoms with E-state index in [2.05, 4.69) is 15.0 Å². The first-order valence-electron chi connectivity index (χ1n) is 12.9. The second-order valence-electron chi connectivity index (χ2n) is 9.04. The first-order valence-corrected chi connectivity index (χ1v) is 12.9. The number of esters is 1. The van der Waals surface area contributed by atoms with Gasteiger partial charge in [-0.05, 0) is 59.0 Å². The summed E-state index contributed by atoms with van der Waals surface area (Å²) in [6.45, 7) is 0.170. The molecule has 0 aliphatic rings. The Morgan fingerprint density at radius 1 is 0.857 bits per heavy atom. The molecule has 0 unspecified atom stereocenters. The summed E-state index contributed by atoms with van der Waals surface area (Å²) in [7, 11) is 5.78. The topological polar surface area (TPSA) is 124 Å². The molecule has 0 atom stereocenters. The molecule has 3 aromatic heterocycles. The van der Waals surface area contributed by atoms with Gasteiger partial charge in [-0.25, -0.2) is 14.8 Å². The van der Waals surface area contributed by atoms with Gasteiger partial charge in [0.25, 0.3) is 5.56 Å². The quantitative estimate of drug-likeness (QED) is 0.225. The molecular weight excluding hydrogens is 540 g/mol. The van der Waals surface area contributed by atoms with Crippen LogP contribution in [0.25, 0.3) is 21.9 Å². The predicted octanol–water partition coefficient (Wildman–Crippen LogP) is 4.29. The Morgan fingerprint density at radius 2 is 1.60 bits per heavy atom. The minimum Gasteiger partial charge on any atom is -0.493 e. The fourth-order valence-corrected chi connectivity index (χ4v) is 4.72. The highest BCUT2D eigenvalue weighted by Crippen LogP contribution is 2.43. The molecule has 0 radical (unpaired) electrons. The van der Waals surface area contributed by atoms with Crippen molar-refractivity contribution < 1.29 is 28.5 Å². The van der Waals surface area contributed by atoms with Gasteiger partial charge >= 0.3 is 5.97 Å². The van der Waals surface area contributed by atoms with E-state index in [1.165, 1.54) is 33.0 Å². The maximum atomic E-state index is 14.1. The summed E-state index contributed by atoms with van der Waals surface area (Å²) >= 11 is 0. The molecule has 2 aromatic carbocycles. The zero-order valence-corrected chi connectivity index (χ0v) is 23.5. The van der Waals surface area contributed by atoms with Crippen LogP contribution >= 0.6 is 0 Å². The third-order valence-corrected chi connectivity index (χ3v) is 6.63. The van der Waals surface area contributed by atoms with Crippen LogP contribution in [0.15, 0.2) is 78.1 Å². The lowest BCUT2D eigenvalue weighted by atomic mass is 9.95. The minimum atomic E-state index is -0.691. The molecule has 0 aliphatic heterocycles. The molecule has 11 nitrogen and oxygen atoms in total. The number of aromatic nitrogens is 4. The molecule has 0 N–H and O–H groups in total. The standard InChI is InChI=1S/C31H28N4O7/c1-38-24-13-20(14-25(39-2)29(24)40-3)27-22-9-8-21(42-18-26-33-11-6-12-34-26)15-23(22)30(36)35(28(27)31(37)41-4)17-19-7-5-10-32-16-19/h5-16H,17-18H2,1-4H3. The Kier molecular flexibility index (Phi) is 8.28. The molecule has 214 valence electrons. The first kappa shape index (κ1) is 28.1. The molecule has 11 heteroatoms. The summed E-state index contributed by atoms with van der Waals surface area (Å²) < 4.78 is 29.2. The van der Waals surface area contributed by atoms with E-state index in [1.54, 1.807) is 67.3 Å². The van der Waals surface area contributed by atoms with Crippen LogP contribution in [0.2, 0.25) is 0 Å². The van der Waals surface area contributed by atoms with E-state index in [1.807, 2.05) is 6.07 Å². The number of carbonyl (C=O) groups excluding carboxylic acids is 1. The van der Waals surface area contributed by atoms with Gasteiger partial charge < -0.3 is 23.7 Å². The van der Waals surface area contributed by atoms with Crippen LogP contribution in [-0.2, 0) is 17.9 Å². The fourth-order valence-electron chi connectivity index (χ4n) is 4.72. The summed E-state index contributed by atoms with van der Waals surface area (Å²) in [5, 5.41) is 0.821. The average Bonchev–Trinajstić information content (AvgIpc) is 3.04. The Morgan fingerprint density at radius 3 is 2.21 bits per heavy atom. The molecule has 5 rings (SSSR count). The third kappa shape index (κ3) is 5.44. The number of hydrogen-bond acceptors (Lipinski definition) is 10. The van der Waals surface area contributed by atoms with Gasteiger partial charge in [-0.3, -0.25) is 14.3 Å². The van der Waals surface area contributed by atoms with E-state index < -0.39 is 11.5 Å². The van der Waals surface area contributed by atoms with Crippen molar-refractivity contribution in [2.45, 2.75) is 13.2 Å². The normalized spacial score (nSPS) is 10.8. The number of methoxy groups -OCH3 is 4. The molecule has 0 aliphatic carbocycles. The number of carbonyl (C=O) groups is 1. The minimum absolute atomic E-state index is 0.0551. The van der Waals surface area contributed by atoms with Crippen molar-refractivity contribution in [3.05, 3.63) is 101 Å². The molecule has 0 saturated heterocycles. The molecule has 0 spiro atoms. The Bertz CT molecular complexity index is 1770. The van der Waals surface area contributed by atoms with Crippen LogP contribution in [0, 0.1) is 0 Å². The number of rotatable bonds is 10. The average molecular weight is 569 g/mol. The number of pyridine rings is 2. The highest BCUT2D eigenvalue weighted by molar-refractivity contribution is 6.07. The van der Waals surface area contributed by atoms with Crippen LogP contribution in [-0.4, -0.2) is 53.9 Å². The zero-order chi connectivity index (χ0) is 29.6. The Labute approximate surface area is 241 Å².